The van der Waals surface area contributed by atoms with Crippen molar-refractivity contribution in [3.05, 3.63) is 61.0 Å². The molecule has 110 valence electrons. The lowest BCUT2D eigenvalue weighted by Crippen LogP contribution is -2.24. The van der Waals surface area contributed by atoms with E-state index in [0.717, 1.165) is 11.3 Å². The summed E-state index contributed by atoms with van der Waals surface area (Å²) >= 11 is 4.13. The molecule has 4 heteroatoms. The van der Waals surface area contributed by atoms with Crippen molar-refractivity contribution in [2.24, 2.45) is 5.73 Å². The molecule has 0 aromatic carbocycles. The molecular formula is C16H24N2OS. The standard InChI is InChI=1S/C16H24N2OS/c1-5-8-9-15(6-2)18(7-3)16(19)11-13(4)10-14(17)12-20/h5-9,11,14,20H,1,3,10,12,17H2,2,4H3/b9-8-,13-11+,15-6+. The van der Waals surface area contributed by atoms with Crippen LogP contribution in [0.4, 0.5) is 0 Å². The molecule has 1 unspecified atom stereocenters. The Hall–Kier alpha value is -1.52. The first-order valence-electron chi connectivity index (χ1n) is 6.44. The second kappa shape index (κ2) is 10.3. The number of nitrogens with two attached hydrogens (primary N) is 1. The van der Waals surface area contributed by atoms with Crippen LogP contribution < -0.4 is 5.73 Å². The van der Waals surface area contributed by atoms with E-state index in [-0.39, 0.29) is 11.9 Å². The summed E-state index contributed by atoms with van der Waals surface area (Å²) < 4.78 is 0. The summed E-state index contributed by atoms with van der Waals surface area (Å²) in [6.45, 7) is 11.0. The summed E-state index contributed by atoms with van der Waals surface area (Å²) in [7, 11) is 0. The highest BCUT2D eigenvalue weighted by Gasteiger charge is 2.11. The van der Waals surface area contributed by atoms with Crippen molar-refractivity contribution in [1.82, 2.24) is 4.90 Å². The van der Waals surface area contributed by atoms with Crippen molar-refractivity contribution in [2.75, 3.05) is 5.75 Å². The van der Waals surface area contributed by atoms with Gasteiger partial charge in [0.05, 0.1) is 0 Å². The Morgan fingerprint density at radius 1 is 1.45 bits per heavy atom. The fraction of sp³-hybridized carbons (Fsp3) is 0.312. The van der Waals surface area contributed by atoms with Gasteiger partial charge in [-0.2, -0.15) is 12.6 Å². The molecule has 0 radical (unpaired) electrons. The Labute approximate surface area is 127 Å². The molecule has 0 bridgehead atoms. The van der Waals surface area contributed by atoms with Crippen molar-refractivity contribution < 1.29 is 4.79 Å². The van der Waals surface area contributed by atoms with E-state index in [2.05, 4.69) is 25.8 Å². The van der Waals surface area contributed by atoms with Gasteiger partial charge in [-0.05, 0) is 26.3 Å². The van der Waals surface area contributed by atoms with Gasteiger partial charge >= 0.3 is 0 Å². The van der Waals surface area contributed by atoms with E-state index in [1.54, 1.807) is 24.3 Å². The third kappa shape index (κ3) is 6.59. The number of rotatable bonds is 8. The maximum atomic E-state index is 12.2. The molecule has 1 amide bonds. The van der Waals surface area contributed by atoms with Crippen LogP contribution in [0.25, 0.3) is 0 Å². The molecule has 0 aromatic heterocycles. The van der Waals surface area contributed by atoms with E-state index >= 15 is 0 Å². The smallest absolute Gasteiger partial charge is 0.254 e. The fourth-order valence-corrected chi connectivity index (χ4v) is 1.75. The van der Waals surface area contributed by atoms with Gasteiger partial charge in [0.15, 0.2) is 0 Å². The average molecular weight is 292 g/mol. The predicted molar refractivity (Wildman–Crippen MR) is 90.3 cm³/mol. The van der Waals surface area contributed by atoms with E-state index in [9.17, 15) is 4.79 Å². The summed E-state index contributed by atoms with van der Waals surface area (Å²) in [5.74, 6) is 0.442. The molecule has 2 N–H and O–H groups in total. The van der Waals surface area contributed by atoms with Crippen LogP contribution in [0.2, 0.25) is 0 Å². The molecule has 20 heavy (non-hydrogen) atoms. The SMILES string of the molecule is C=C/C=C\C(=C/C)N(C=C)C(=O)/C=C(\C)CC(N)CS. The minimum Gasteiger partial charge on any atom is -0.327 e. The van der Waals surface area contributed by atoms with Gasteiger partial charge in [0, 0.05) is 29.8 Å². The van der Waals surface area contributed by atoms with Crippen LogP contribution in [0.1, 0.15) is 20.3 Å². The van der Waals surface area contributed by atoms with Gasteiger partial charge < -0.3 is 5.73 Å². The zero-order valence-corrected chi connectivity index (χ0v) is 13.1. The van der Waals surface area contributed by atoms with Gasteiger partial charge in [-0.25, -0.2) is 0 Å². The second-order valence-corrected chi connectivity index (χ2v) is 4.70. The van der Waals surface area contributed by atoms with E-state index in [0.29, 0.717) is 12.2 Å². The minimum atomic E-state index is -0.148. The minimum absolute atomic E-state index is 0.0404. The molecule has 0 aliphatic rings. The largest absolute Gasteiger partial charge is 0.327 e. The molecule has 0 heterocycles. The zero-order valence-electron chi connectivity index (χ0n) is 12.2. The molecule has 0 saturated carbocycles. The van der Waals surface area contributed by atoms with Crippen LogP contribution in [0.15, 0.2) is 61.0 Å². The first-order valence-corrected chi connectivity index (χ1v) is 7.08. The molecule has 0 saturated heterocycles. The van der Waals surface area contributed by atoms with E-state index < -0.39 is 0 Å². The van der Waals surface area contributed by atoms with Crippen LogP contribution >= 0.6 is 12.6 Å². The van der Waals surface area contributed by atoms with E-state index in [1.165, 1.54) is 11.1 Å². The first kappa shape index (κ1) is 18.5. The second-order valence-electron chi connectivity index (χ2n) is 4.34. The van der Waals surface area contributed by atoms with Crippen molar-refractivity contribution in [2.45, 2.75) is 26.3 Å². The van der Waals surface area contributed by atoms with Crippen molar-refractivity contribution in [1.29, 1.82) is 0 Å². The number of nitrogens with zero attached hydrogens (tertiary/aromatic N) is 1. The van der Waals surface area contributed by atoms with Gasteiger partial charge in [-0.1, -0.05) is 37.0 Å². The van der Waals surface area contributed by atoms with E-state index in [1.807, 2.05) is 19.9 Å². The third-order valence-corrected chi connectivity index (χ3v) is 3.05. The maximum Gasteiger partial charge on any atom is 0.254 e. The lowest BCUT2D eigenvalue weighted by molar-refractivity contribution is -0.122. The fourth-order valence-electron chi connectivity index (χ4n) is 1.62. The highest BCUT2D eigenvalue weighted by Crippen LogP contribution is 2.11. The van der Waals surface area contributed by atoms with E-state index in [4.69, 9.17) is 5.73 Å². The van der Waals surface area contributed by atoms with Gasteiger partial charge in [-0.15, -0.1) is 0 Å². The van der Waals surface area contributed by atoms with Crippen LogP contribution in [0.5, 0.6) is 0 Å². The zero-order chi connectivity index (χ0) is 15.5. The molecule has 0 aliphatic carbocycles. The number of carbonyl (C=O) groups is 1. The Kier molecular flexibility index (Phi) is 9.51. The van der Waals surface area contributed by atoms with Gasteiger partial charge in [-0.3, -0.25) is 9.69 Å². The Morgan fingerprint density at radius 2 is 2.10 bits per heavy atom. The van der Waals surface area contributed by atoms with Gasteiger partial charge in [0.25, 0.3) is 5.91 Å². The van der Waals surface area contributed by atoms with Crippen molar-refractivity contribution in [3.63, 3.8) is 0 Å². The summed E-state index contributed by atoms with van der Waals surface area (Å²) in [4.78, 5) is 13.7. The third-order valence-electron chi connectivity index (χ3n) is 2.59. The molecule has 0 rings (SSSR count). The molecule has 0 aliphatic heterocycles. The quantitative estimate of drug-likeness (QED) is 0.410. The molecule has 0 aromatic rings. The Morgan fingerprint density at radius 3 is 2.55 bits per heavy atom. The summed E-state index contributed by atoms with van der Waals surface area (Å²) in [6.07, 6.45) is 10.8. The summed E-state index contributed by atoms with van der Waals surface area (Å²) in [5, 5.41) is 0. The lowest BCUT2D eigenvalue weighted by atomic mass is 10.1. The first-order chi connectivity index (χ1) is 9.49. The predicted octanol–water partition coefficient (Wildman–Crippen LogP) is 3.20. The van der Waals surface area contributed by atoms with Gasteiger partial charge in [0.2, 0.25) is 0 Å². The molecule has 1 atom stereocenters. The molecular weight excluding hydrogens is 268 g/mol. The van der Waals surface area contributed by atoms with Crippen LogP contribution in [-0.2, 0) is 4.79 Å². The van der Waals surface area contributed by atoms with Gasteiger partial charge in [0.1, 0.15) is 0 Å². The highest BCUT2D eigenvalue weighted by molar-refractivity contribution is 7.80. The highest BCUT2D eigenvalue weighted by atomic mass is 32.1. The normalized spacial score (nSPS) is 14.2. The van der Waals surface area contributed by atoms with Crippen LogP contribution in [0, 0.1) is 0 Å². The Bertz CT molecular complexity index is 436. The number of hydrogen-bond acceptors (Lipinski definition) is 3. The topological polar surface area (TPSA) is 46.3 Å². The maximum absolute atomic E-state index is 12.2. The average Bonchev–Trinajstić information content (AvgIpc) is 2.42. The van der Waals surface area contributed by atoms with Crippen molar-refractivity contribution >= 4 is 18.5 Å². The monoisotopic (exact) mass is 292 g/mol. The summed E-state index contributed by atoms with van der Waals surface area (Å²) in [6, 6.07) is -0.0404. The van der Waals surface area contributed by atoms with Crippen molar-refractivity contribution in [3.8, 4) is 0 Å². The number of thiol groups is 1. The summed E-state index contributed by atoms with van der Waals surface area (Å²) in [5.41, 5.74) is 7.48. The van der Waals surface area contributed by atoms with Crippen LogP contribution in [0.3, 0.4) is 0 Å². The lowest BCUT2D eigenvalue weighted by Gasteiger charge is -2.18. The Balaban J connectivity index is 5.02. The van der Waals surface area contributed by atoms with Crippen LogP contribution in [-0.4, -0.2) is 22.6 Å². The number of allylic oxidation sites excluding steroid dienone is 4. The molecule has 0 fully saturated rings. The number of carbonyl (C=O) groups excluding carboxylic acids is 1. The molecule has 0 spiro atoms. The molecule has 3 nitrogen and oxygen atoms in total. The number of hydrogen-bond donors (Lipinski definition) is 2. The number of amides is 1.